The van der Waals surface area contributed by atoms with Gasteiger partial charge in [-0.15, -0.1) is 0 Å². The van der Waals surface area contributed by atoms with Crippen LogP contribution >= 0.6 is 15.9 Å². The van der Waals surface area contributed by atoms with E-state index in [9.17, 15) is 0 Å². The van der Waals surface area contributed by atoms with E-state index in [1.54, 1.807) is 0 Å². The van der Waals surface area contributed by atoms with E-state index in [1.165, 1.54) is 23.2 Å². The smallest absolute Gasteiger partial charge is 0.0658 e. The lowest BCUT2D eigenvalue weighted by atomic mass is 10.1. The van der Waals surface area contributed by atoms with Gasteiger partial charge in [0.2, 0.25) is 0 Å². The van der Waals surface area contributed by atoms with E-state index in [-0.39, 0.29) is 0 Å². The molecule has 4 heteroatoms. The van der Waals surface area contributed by atoms with Crippen LogP contribution in [0.3, 0.4) is 0 Å². The molecule has 1 aliphatic heterocycles. The number of nitrogens with one attached hydrogen (secondary N) is 1. The van der Waals surface area contributed by atoms with Gasteiger partial charge < -0.3 is 5.32 Å². The van der Waals surface area contributed by atoms with Crippen molar-refractivity contribution in [2.24, 2.45) is 0 Å². The zero-order valence-electron chi connectivity index (χ0n) is 10.4. The molecule has 2 aromatic rings. The van der Waals surface area contributed by atoms with Gasteiger partial charge in [0.15, 0.2) is 0 Å². The summed E-state index contributed by atoms with van der Waals surface area (Å²) in [6.45, 7) is 4.28. The highest BCUT2D eigenvalue weighted by Crippen LogP contribution is 2.28. The molecule has 1 fully saturated rings. The van der Waals surface area contributed by atoms with Gasteiger partial charge in [-0.3, -0.25) is 4.68 Å². The maximum absolute atomic E-state index is 4.57. The number of aromatic nitrogens is 2. The molecule has 0 radical (unpaired) electrons. The second kappa shape index (κ2) is 4.86. The van der Waals surface area contributed by atoms with E-state index >= 15 is 0 Å². The van der Waals surface area contributed by atoms with E-state index < -0.39 is 0 Å². The van der Waals surface area contributed by atoms with Crippen molar-refractivity contribution in [3.05, 3.63) is 40.6 Å². The average molecular weight is 306 g/mol. The van der Waals surface area contributed by atoms with Crippen molar-refractivity contribution in [2.45, 2.75) is 19.4 Å². The Morgan fingerprint density at radius 3 is 3.06 bits per heavy atom. The minimum Gasteiger partial charge on any atom is -0.315 e. The van der Waals surface area contributed by atoms with E-state index in [1.807, 2.05) is 12.3 Å². The van der Waals surface area contributed by atoms with Crippen molar-refractivity contribution < 1.29 is 0 Å². The molecule has 0 aliphatic carbocycles. The molecule has 0 amide bonds. The summed E-state index contributed by atoms with van der Waals surface area (Å²) in [7, 11) is 0. The number of rotatable bonds is 2. The fraction of sp³-hybridized carbons (Fsp3) is 0.357. The Balaban J connectivity index is 1.98. The van der Waals surface area contributed by atoms with E-state index in [4.69, 9.17) is 0 Å². The average Bonchev–Trinajstić information content (AvgIpc) is 2.97. The summed E-state index contributed by atoms with van der Waals surface area (Å²) in [5.74, 6) is 0. The van der Waals surface area contributed by atoms with Crippen LogP contribution in [0, 0.1) is 6.92 Å². The van der Waals surface area contributed by atoms with Crippen molar-refractivity contribution >= 4 is 15.9 Å². The summed E-state index contributed by atoms with van der Waals surface area (Å²) in [4.78, 5) is 0. The first kappa shape index (κ1) is 11.9. The van der Waals surface area contributed by atoms with Gasteiger partial charge in [0.1, 0.15) is 0 Å². The second-order valence-corrected chi connectivity index (χ2v) is 5.66. The molecule has 3 rings (SSSR count). The molecule has 1 N–H and O–H groups in total. The number of hydrogen-bond acceptors (Lipinski definition) is 2. The summed E-state index contributed by atoms with van der Waals surface area (Å²) in [6, 6.07) is 8.89. The maximum Gasteiger partial charge on any atom is 0.0658 e. The molecule has 1 saturated heterocycles. The van der Waals surface area contributed by atoms with Crippen LogP contribution in [0.1, 0.15) is 18.2 Å². The first-order valence-electron chi connectivity index (χ1n) is 6.26. The minimum atomic E-state index is 0.505. The molecule has 0 bridgehead atoms. The van der Waals surface area contributed by atoms with Gasteiger partial charge >= 0.3 is 0 Å². The minimum absolute atomic E-state index is 0.505. The van der Waals surface area contributed by atoms with Crippen LogP contribution in [0.2, 0.25) is 0 Å². The van der Waals surface area contributed by atoms with Crippen molar-refractivity contribution in [3.63, 3.8) is 0 Å². The van der Waals surface area contributed by atoms with Crippen molar-refractivity contribution in [1.29, 1.82) is 0 Å². The van der Waals surface area contributed by atoms with Crippen molar-refractivity contribution in [2.75, 3.05) is 13.1 Å². The van der Waals surface area contributed by atoms with Crippen LogP contribution < -0.4 is 5.32 Å². The third-order valence-electron chi connectivity index (χ3n) is 3.56. The fourth-order valence-corrected chi connectivity index (χ4v) is 2.98. The largest absolute Gasteiger partial charge is 0.315 e. The SMILES string of the molecule is Cc1c(-c2cccc(Br)c2)cnn1C1CCNC1. The molecule has 2 heterocycles. The molecule has 18 heavy (non-hydrogen) atoms. The zero-order valence-corrected chi connectivity index (χ0v) is 11.9. The van der Waals surface area contributed by atoms with Crippen LogP contribution in [-0.4, -0.2) is 22.9 Å². The van der Waals surface area contributed by atoms with Crippen LogP contribution in [0.5, 0.6) is 0 Å². The topological polar surface area (TPSA) is 29.9 Å². The van der Waals surface area contributed by atoms with Crippen LogP contribution in [-0.2, 0) is 0 Å². The predicted molar refractivity (Wildman–Crippen MR) is 76.6 cm³/mol. The highest BCUT2D eigenvalue weighted by atomic mass is 79.9. The fourth-order valence-electron chi connectivity index (χ4n) is 2.58. The molecule has 1 aromatic carbocycles. The third kappa shape index (κ3) is 2.10. The number of benzene rings is 1. The monoisotopic (exact) mass is 305 g/mol. The lowest BCUT2D eigenvalue weighted by Gasteiger charge is -2.12. The molecule has 1 atom stereocenters. The molecule has 0 saturated carbocycles. The van der Waals surface area contributed by atoms with Gasteiger partial charge in [-0.1, -0.05) is 28.1 Å². The molecule has 3 nitrogen and oxygen atoms in total. The lowest BCUT2D eigenvalue weighted by Crippen LogP contribution is -2.15. The summed E-state index contributed by atoms with van der Waals surface area (Å²) >= 11 is 3.52. The first-order valence-corrected chi connectivity index (χ1v) is 7.06. The third-order valence-corrected chi connectivity index (χ3v) is 4.05. The summed E-state index contributed by atoms with van der Waals surface area (Å²) in [5, 5.41) is 7.95. The van der Waals surface area contributed by atoms with Crippen LogP contribution in [0.25, 0.3) is 11.1 Å². The second-order valence-electron chi connectivity index (χ2n) is 4.75. The van der Waals surface area contributed by atoms with Crippen molar-refractivity contribution in [1.82, 2.24) is 15.1 Å². The predicted octanol–water partition coefficient (Wildman–Crippen LogP) is 3.16. The van der Waals surface area contributed by atoms with Gasteiger partial charge in [0.05, 0.1) is 12.2 Å². The Morgan fingerprint density at radius 1 is 1.44 bits per heavy atom. The highest BCUT2D eigenvalue weighted by Gasteiger charge is 2.20. The normalized spacial score (nSPS) is 19.3. The van der Waals surface area contributed by atoms with Gasteiger partial charge in [-0.2, -0.15) is 5.10 Å². The maximum atomic E-state index is 4.57. The van der Waals surface area contributed by atoms with Gasteiger partial charge in [0, 0.05) is 22.3 Å². The lowest BCUT2D eigenvalue weighted by molar-refractivity contribution is 0.480. The Morgan fingerprint density at radius 2 is 2.33 bits per heavy atom. The number of halogens is 1. The molecule has 0 spiro atoms. The Kier molecular flexibility index (Phi) is 3.22. The molecule has 94 valence electrons. The molecule has 1 unspecified atom stereocenters. The Bertz CT molecular complexity index is 556. The molecule has 1 aromatic heterocycles. The summed E-state index contributed by atoms with van der Waals surface area (Å²) in [5.41, 5.74) is 3.70. The zero-order chi connectivity index (χ0) is 12.5. The molecular weight excluding hydrogens is 290 g/mol. The van der Waals surface area contributed by atoms with E-state index in [0.29, 0.717) is 6.04 Å². The standard InChI is InChI=1S/C14H16BrN3/c1-10-14(11-3-2-4-12(15)7-11)9-17-18(10)13-5-6-16-8-13/h2-4,7,9,13,16H,5-6,8H2,1H3. The molecular formula is C14H16BrN3. The van der Waals surface area contributed by atoms with Crippen LogP contribution in [0.4, 0.5) is 0 Å². The number of hydrogen-bond donors (Lipinski definition) is 1. The number of nitrogens with zero attached hydrogens (tertiary/aromatic N) is 2. The molecule has 1 aliphatic rings. The highest BCUT2D eigenvalue weighted by molar-refractivity contribution is 9.10. The van der Waals surface area contributed by atoms with Crippen LogP contribution in [0.15, 0.2) is 34.9 Å². The van der Waals surface area contributed by atoms with Gasteiger partial charge in [-0.25, -0.2) is 0 Å². The van der Waals surface area contributed by atoms with Gasteiger partial charge in [-0.05, 0) is 37.6 Å². The first-order chi connectivity index (χ1) is 8.75. The van der Waals surface area contributed by atoms with Gasteiger partial charge in [0.25, 0.3) is 0 Å². The Hall–Kier alpha value is -1.13. The Labute approximate surface area is 115 Å². The summed E-state index contributed by atoms with van der Waals surface area (Å²) < 4.78 is 3.27. The van der Waals surface area contributed by atoms with E-state index in [2.05, 4.69) is 56.2 Å². The quantitative estimate of drug-likeness (QED) is 0.923. The summed E-state index contributed by atoms with van der Waals surface area (Å²) in [6.07, 6.45) is 3.15. The van der Waals surface area contributed by atoms with E-state index in [0.717, 1.165) is 17.6 Å². The van der Waals surface area contributed by atoms with Crippen molar-refractivity contribution in [3.8, 4) is 11.1 Å².